The molecule has 0 radical (unpaired) electrons. The van der Waals surface area contributed by atoms with Gasteiger partial charge in [-0.1, -0.05) is 0 Å². The molecule has 2 aromatic rings. The van der Waals surface area contributed by atoms with E-state index in [9.17, 15) is 9.90 Å². The number of aliphatic hydroxyl groups is 1. The second-order valence-electron chi connectivity index (χ2n) is 5.50. The molecule has 0 unspecified atom stereocenters. The van der Waals surface area contributed by atoms with Gasteiger partial charge in [0, 0.05) is 13.1 Å². The van der Waals surface area contributed by atoms with Crippen molar-refractivity contribution in [1.29, 1.82) is 0 Å². The van der Waals surface area contributed by atoms with E-state index in [1.165, 1.54) is 11.1 Å². The molecular formula is C13H17N5O3. The van der Waals surface area contributed by atoms with Gasteiger partial charge in [0.1, 0.15) is 6.54 Å². The molecule has 21 heavy (non-hydrogen) atoms. The lowest BCUT2D eigenvalue weighted by Crippen LogP contribution is -2.46. The summed E-state index contributed by atoms with van der Waals surface area (Å²) < 4.78 is 5.18. The summed E-state index contributed by atoms with van der Waals surface area (Å²) in [5.41, 5.74) is -0.672. The van der Waals surface area contributed by atoms with Crippen LogP contribution in [0.15, 0.2) is 22.8 Å². The van der Waals surface area contributed by atoms with Gasteiger partial charge in [0.2, 0.25) is 11.7 Å². The highest BCUT2D eigenvalue weighted by molar-refractivity contribution is 5.75. The van der Waals surface area contributed by atoms with E-state index < -0.39 is 5.60 Å². The molecule has 0 aromatic carbocycles. The van der Waals surface area contributed by atoms with Gasteiger partial charge in [0.15, 0.2) is 5.76 Å². The molecule has 0 atom stereocenters. The van der Waals surface area contributed by atoms with Crippen molar-refractivity contribution >= 4 is 5.91 Å². The van der Waals surface area contributed by atoms with Crippen molar-refractivity contribution in [3.8, 4) is 11.6 Å². The minimum Gasteiger partial charge on any atom is -0.461 e. The largest absolute Gasteiger partial charge is 0.461 e. The molecule has 8 nitrogen and oxygen atoms in total. The summed E-state index contributed by atoms with van der Waals surface area (Å²) in [5.74, 6) is 0.797. The number of tetrazole rings is 1. The Bertz CT molecular complexity index is 610. The van der Waals surface area contributed by atoms with Gasteiger partial charge >= 0.3 is 0 Å². The summed E-state index contributed by atoms with van der Waals surface area (Å²) in [6.07, 6.45) is 2.70. The molecule has 0 bridgehead atoms. The zero-order chi connectivity index (χ0) is 14.9. The molecule has 1 saturated heterocycles. The topological polar surface area (TPSA) is 97.3 Å². The minimum absolute atomic E-state index is 0.0376. The van der Waals surface area contributed by atoms with E-state index in [2.05, 4.69) is 15.4 Å². The van der Waals surface area contributed by atoms with Crippen LogP contribution in [-0.4, -0.2) is 54.8 Å². The van der Waals surface area contributed by atoms with Gasteiger partial charge < -0.3 is 14.4 Å². The highest BCUT2D eigenvalue weighted by Crippen LogP contribution is 2.21. The highest BCUT2D eigenvalue weighted by atomic mass is 16.3. The normalized spacial score (nSPS) is 17.9. The fourth-order valence-electron chi connectivity index (χ4n) is 2.27. The number of nitrogens with zero attached hydrogens (tertiary/aromatic N) is 5. The number of carbonyl (C=O) groups is 1. The third kappa shape index (κ3) is 3.10. The zero-order valence-corrected chi connectivity index (χ0v) is 11.8. The summed E-state index contributed by atoms with van der Waals surface area (Å²) in [5, 5.41) is 21.7. The molecule has 1 amide bonds. The van der Waals surface area contributed by atoms with E-state index in [0.717, 1.165) is 0 Å². The molecule has 1 aliphatic heterocycles. The van der Waals surface area contributed by atoms with Gasteiger partial charge in [-0.25, -0.2) is 0 Å². The van der Waals surface area contributed by atoms with Crippen molar-refractivity contribution < 1.29 is 14.3 Å². The Morgan fingerprint density at radius 3 is 2.90 bits per heavy atom. The van der Waals surface area contributed by atoms with Gasteiger partial charge in [-0.05, 0) is 37.1 Å². The highest BCUT2D eigenvalue weighted by Gasteiger charge is 2.29. The second-order valence-corrected chi connectivity index (χ2v) is 5.50. The lowest BCUT2D eigenvalue weighted by molar-refractivity contribution is -0.136. The first-order valence-electron chi connectivity index (χ1n) is 6.85. The van der Waals surface area contributed by atoms with E-state index in [1.54, 1.807) is 24.0 Å². The van der Waals surface area contributed by atoms with Crippen molar-refractivity contribution in [3.05, 3.63) is 18.4 Å². The van der Waals surface area contributed by atoms with Crippen LogP contribution >= 0.6 is 0 Å². The van der Waals surface area contributed by atoms with Crippen molar-refractivity contribution in [3.63, 3.8) is 0 Å². The molecule has 0 saturated carbocycles. The van der Waals surface area contributed by atoms with E-state index in [4.69, 9.17) is 4.42 Å². The van der Waals surface area contributed by atoms with Crippen molar-refractivity contribution in [2.75, 3.05) is 13.1 Å². The fourth-order valence-corrected chi connectivity index (χ4v) is 2.27. The number of hydrogen-bond donors (Lipinski definition) is 1. The van der Waals surface area contributed by atoms with Crippen molar-refractivity contribution in [1.82, 2.24) is 25.1 Å². The number of furan rings is 1. The number of rotatable bonds is 3. The molecule has 1 aliphatic rings. The van der Waals surface area contributed by atoms with Crippen LogP contribution in [-0.2, 0) is 11.3 Å². The van der Waals surface area contributed by atoms with Crippen molar-refractivity contribution in [2.24, 2.45) is 0 Å². The van der Waals surface area contributed by atoms with Gasteiger partial charge in [-0.15, -0.1) is 10.2 Å². The maximum Gasteiger partial charge on any atom is 0.246 e. The van der Waals surface area contributed by atoms with Crippen LogP contribution in [0.2, 0.25) is 0 Å². The number of piperidine rings is 1. The lowest BCUT2D eigenvalue weighted by atomic mass is 9.94. The van der Waals surface area contributed by atoms with Crippen LogP contribution in [0.5, 0.6) is 0 Å². The third-order valence-corrected chi connectivity index (χ3v) is 3.66. The smallest absolute Gasteiger partial charge is 0.246 e. The van der Waals surface area contributed by atoms with Crippen LogP contribution in [0.1, 0.15) is 19.8 Å². The first-order valence-corrected chi connectivity index (χ1v) is 6.85. The first kappa shape index (κ1) is 13.7. The number of aromatic nitrogens is 4. The number of amides is 1. The predicted molar refractivity (Wildman–Crippen MR) is 72.0 cm³/mol. The van der Waals surface area contributed by atoms with Crippen molar-refractivity contribution in [2.45, 2.75) is 31.9 Å². The summed E-state index contributed by atoms with van der Waals surface area (Å²) in [6.45, 7) is 2.93. The minimum atomic E-state index is -0.672. The average Bonchev–Trinajstić information content (AvgIpc) is 3.08. The molecular weight excluding hydrogens is 274 g/mol. The standard InChI is InChI=1S/C13H17N5O3/c1-13(20)4-6-17(7-5-13)11(19)9-18-15-12(14-16-18)10-3-2-8-21-10/h2-3,8,20H,4-7,9H2,1H3. The summed E-state index contributed by atoms with van der Waals surface area (Å²) in [7, 11) is 0. The van der Waals surface area contributed by atoms with E-state index in [1.807, 2.05) is 0 Å². The van der Waals surface area contributed by atoms with Crippen LogP contribution in [0.25, 0.3) is 11.6 Å². The fraction of sp³-hybridized carbons (Fsp3) is 0.538. The maximum absolute atomic E-state index is 12.2. The third-order valence-electron chi connectivity index (χ3n) is 3.66. The van der Waals surface area contributed by atoms with Crippen LogP contribution < -0.4 is 0 Å². The Kier molecular flexibility index (Phi) is 3.46. The number of likely N-dealkylation sites (tertiary alicyclic amines) is 1. The van der Waals surface area contributed by atoms with Gasteiger partial charge in [0.25, 0.3) is 0 Å². The molecule has 0 aliphatic carbocycles. The molecule has 3 heterocycles. The van der Waals surface area contributed by atoms with Crippen LogP contribution in [0, 0.1) is 0 Å². The predicted octanol–water partition coefficient (Wildman–Crippen LogP) is 0.306. The van der Waals surface area contributed by atoms with Gasteiger partial charge in [-0.2, -0.15) is 4.80 Å². The molecule has 1 fully saturated rings. The number of hydrogen-bond acceptors (Lipinski definition) is 6. The van der Waals surface area contributed by atoms with E-state index >= 15 is 0 Å². The Labute approximate surface area is 121 Å². The quantitative estimate of drug-likeness (QED) is 0.874. The van der Waals surface area contributed by atoms with Crippen LogP contribution in [0.3, 0.4) is 0 Å². The van der Waals surface area contributed by atoms with Gasteiger partial charge in [-0.3, -0.25) is 4.79 Å². The Balaban J connectivity index is 1.61. The van der Waals surface area contributed by atoms with E-state index in [-0.39, 0.29) is 12.5 Å². The second kappa shape index (κ2) is 5.28. The van der Waals surface area contributed by atoms with Gasteiger partial charge in [0.05, 0.1) is 11.9 Å². The average molecular weight is 291 g/mol. The Hall–Kier alpha value is -2.22. The molecule has 8 heteroatoms. The Morgan fingerprint density at radius 2 is 2.24 bits per heavy atom. The molecule has 2 aromatic heterocycles. The monoisotopic (exact) mass is 291 g/mol. The van der Waals surface area contributed by atoms with E-state index in [0.29, 0.717) is 37.5 Å². The summed E-state index contributed by atoms with van der Waals surface area (Å²) >= 11 is 0. The molecule has 112 valence electrons. The molecule has 1 N–H and O–H groups in total. The summed E-state index contributed by atoms with van der Waals surface area (Å²) in [4.78, 5) is 15.1. The number of carbonyl (C=O) groups excluding carboxylic acids is 1. The SMILES string of the molecule is CC1(O)CCN(C(=O)Cn2nnc(-c3ccco3)n2)CC1. The maximum atomic E-state index is 12.2. The molecule has 0 spiro atoms. The summed E-state index contributed by atoms with van der Waals surface area (Å²) in [6, 6.07) is 3.47. The van der Waals surface area contributed by atoms with Crippen LogP contribution in [0.4, 0.5) is 0 Å². The lowest BCUT2D eigenvalue weighted by Gasteiger charge is -2.35. The zero-order valence-electron chi connectivity index (χ0n) is 11.8. The molecule has 3 rings (SSSR count). The first-order chi connectivity index (χ1) is 10.0. The Morgan fingerprint density at radius 1 is 1.48 bits per heavy atom.